The van der Waals surface area contributed by atoms with Crippen LogP contribution in [0.15, 0.2) is 24.4 Å². The van der Waals surface area contributed by atoms with E-state index >= 15 is 0 Å². The van der Waals surface area contributed by atoms with Crippen LogP contribution in [0, 0.1) is 18.6 Å². The molecule has 0 radical (unpaired) electrons. The standard InChI is InChI=1S/C19H20ClF2N3O3/c1-10-17(12(20)5-6-23-10)11-7-14(22)15(8-13(11)21)25-16(26)9-24-18(27)28-19(2,3)4/h5-8H,9H2,1-4H3,(H,24,27)(H,25,26). The molecule has 9 heteroatoms. The Labute approximate surface area is 166 Å². The molecular formula is C19H20ClF2N3O3. The third-order valence-corrected chi connectivity index (χ3v) is 3.80. The number of ether oxygens (including phenoxy) is 1. The second-order valence-electron chi connectivity index (χ2n) is 6.97. The Hall–Kier alpha value is -2.74. The highest BCUT2D eigenvalue weighted by Gasteiger charge is 2.19. The molecule has 150 valence electrons. The van der Waals surface area contributed by atoms with Gasteiger partial charge in [0.2, 0.25) is 5.91 Å². The zero-order chi connectivity index (χ0) is 21.1. The van der Waals surface area contributed by atoms with Gasteiger partial charge < -0.3 is 15.4 Å². The fourth-order valence-electron chi connectivity index (χ4n) is 2.35. The minimum absolute atomic E-state index is 0.0713. The van der Waals surface area contributed by atoms with Crippen molar-refractivity contribution in [3.63, 3.8) is 0 Å². The van der Waals surface area contributed by atoms with E-state index in [9.17, 15) is 18.4 Å². The largest absolute Gasteiger partial charge is 0.444 e. The first-order valence-corrected chi connectivity index (χ1v) is 8.73. The van der Waals surface area contributed by atoms with E-state index in [2.05, 4.69) is 15.6 Å². The predicted molar refractivity (Wildman–Crippen MR) is 102 cm³/mol. The highest BCUT2D eigenvalue weighted by molar-refractivity contribution is 6.33. The van der Waals surface area contributed by atoms with Crippen molar-refractivity contribution in [2.24, 2.45) is 0 Å². The van der Waals surface area contributed by atoms with Gasteiger partial charge in [-0.15, -0.1) is 0 Å². The SMILES string of the molecule is Cc1nccc(Cl)c1-c1cc(F)c(NC(=O)CNC(=O)OC(C)(C)C)cc1F. The van der Waals surface area contributed by atoms with Crippen LogP contribution in [0.25, 0.3) is 11.1 Å². The molecule has 1 aromatic heterocycles. The Morgan fingerprint density at radius 1 is 1.21 bits per heavy atom. The first kappa shape index (κ1) is 21.6. The van der Waals surface area contributed by atoms with Gasteiger partial charge in [-0.05, 0) is 39.8 Å². The fourth-order valence-corrected chi connectivity index (χ4v) is 2.65. The first-order valence-electron chi connectivity index (χ1n) is 8.35. The Morgan fingerprint density at radius 2 is 1.89 bits per heavy atom. The van der Waals surface area contributed by atoms with Crippen molar-refractivity contribution in [2.45, 2.75) is 33.3 Å². The first-order chi connectivity index (χ1) is 13.0. The highest BCUT2D eigenvalue weighted by Crippen LogP contribution is 2.34. The zero-order valence-corrected chi connectivity index (χ0v) is 16.6. The number of alkyl carbamates (subject to hydrolysis) is 1. The number of anilines is 1. The molecule has 0 unspecified atom stereocenters. The Bertz CT molecular complexity index is 894. The molecule has 1 heterocycles. The lowest BCUT2D eigenvalue weighted by Gasteiger charge is -2.19. The monoisotopic (exact) mass is 411 g/mol. The molecule has 0 aliphatic rings. The summed E-state index contributed by atoms with van der Waals surface area (Å²) < 4.78 is 33.9. The Kier molecular flexibility index (Phi) is 6.56. The van der Waals surface area contributed by atoms with E-state index in [0.717, 1.165) is 12.1 Å². The molecule has 2 amide bonds. The Balaban J connectivity index is 2.13. The van der Waals surface area contributed by atoms with E-state index in [-0.39, 0.29) is 21.8 Å². The van der Waals surface area contributed by atoms with Crippen LogP contribution in [0.3, 0.4) is 0 Å². The molecule has 28 heavy (non-hydrogen) atoms. The van der Waals surface area contributed by atoms with E-state index in [1.165, 1.54) is 12.3 Å². The molecule has 2 N–H and O–H groups in total. The third-order valence-electron chi connectivity index (χ3n) is 3.48. The van der Waals surface area contributed by atoms with Gasteiger partial charge in [-0.2, -0.15) is 0 Å². The molecule has 0 aliphatic heterocycles. The van der Waals surface area contributed by atoms with Gasteiger partial charge in [-0.3, -0.25) is 9.78 Å². The summed E-state index contributed by atoms with van der Waals surface area (Å²) in [5, 5.41) is 4.66. The molecule has 0 fully saturated rings. The van der Waals surface area contributed by atoms with E-state index < -0.39 is 35.8 Å². The molecule has 0 atom stereocenters. The number of hydrogen-bond donors (Lipinski definition) is 2. The number of pyridine rings is 1. The van der Waals surface area contributed by atoms with Gasteiger partial charge in [0, 0.05) is 29.1 Å². The summed E-state index contributed by atoms with van der Waals surface area (Å²) in [5.74, 6) is -2.39. The second-order valence-corrected chi connectivity index (χ2v) is 7.38. The molecule has 2 aromatic rings. The molecule has 1 aromatic carbocycles. The normalized spacial score (nSPS) is 11.1. The van der Waals surface area contributed by atoms with E-state index in [1.54, 1.807) is 27.7 Å². The van der Waals surface area contributed by atoms with Crippen LogP contribution in [0.1, 0.15) is 26.5 Å². The van der Waals surface area contributed by atoms with Crippen LogP contribution < -0.4 is 10.6 Å². The van der Waals surface area contributed by atoms with Crippen molar-refractivity contribution in [1.29, 1.82) is 0 Å². The molecular weight excluding hydrogens is 392 g/mol. The van der Waals surface area contributed by atoms with Gasteiger partial charge in [0.05, 0.1) is 10.7 Å². The summed E-state index contributed by atoms with van der Waals surface area (Å²) in [5.41, 5.74) is -0.459. The Morgan fingerprint density at radius 3 is 2.50 bits per heavy atom. The fraction of sp³-hybridized carbons (Fsp3) is 0.316. The van der Waals surface area contributed by atoms with Crippen LogP contribution in [-0.2, 0) is 9.53 Å². The quantitative estimate of drug-likeness (QED) is 0.778. The smallest absolute Gasteiger partial charge is 0.408 e. The number of benzene rings is 1. The molecule has 6 nitrogen and oxygen atoms in total. The number of nitrogens with zero attached hydrogens (tertiary/aromatic N) is 1. The number of carbonyl (C=O) groups is 2. The van der Waals surface area contributed by atoms with Gasteiger partial charge in [0.25, 0.3) is 0 Å². The van der Waals surface area contributed by atoms with Gasteiger partial charge in [-0.1, -0.05) is 11.6 Å². The maximum Gasteiger partial charge on any atom is 0.408 e. The summed E-state index contributed by atoms with van der Waals surface area (Å²) in [6, 6.07) is 3.25. The molecule has 0 saturated heterocycles. The highest BCUT2D eigenvalue weighted by atomic mass is 35.5. The van der Waals surface area contributed by atoms with E-state index in [0.29, 0.717) is 5.69 Å². The summed E-state index contributed by atoms with van der Waals surface area (Å²) in [7, 11) is 0. The molecule has 0 saturated carbocycles. The van der Waals surface area contributed by atoms with Crippen molar-refractivity contribution < 1.29 is 23.1 Å². The number of hydrogen-bond acceptors (Lipinski definition) is 4. The van der Waals surface area contributed by atoms with Gasteiger partial charge >= 0.3 is 6.09 Å². The van der Waals surface area contributed by atoms with Gasteiger partial charge in [0.15, 0.2) is 0 Å². The summed E-state index contributed by atoms with van der Waals surface area (Å²) in [4.78, 5) is 27.5. The maximum absolute atomic E-state index is 14.5. The van der Waals surface area contributed by atoms with Crippen LogP contribution in [0.5, 0.6) is 0 Å². The molecule has 0 spiro atoms. The average molecular weight is 412 g/mol. The van der Waals surface area contributed by atoms with Crippen molar-refractivity contribution in [2.75, 3.05) is 11.9 Å². The van der Waals surface area contributed by atoms with Crippen molar-refractivity contribution in [3.05, 3.63) is 46.7 Å². The molecule has 0 bridgehead atoms. The average Bonchev–Trinajstić information content (AvgIpc) is 2.55. The van der Waals surface area contributed by atoms with E-state index in [1.807, 2.05) is 0 Å². The van der Waals surface area contributed by atoms with Crippen LogP contribution in [-0.4, -0.2) is 29.1 Å². The predicted octanol–water partition coefficient (Wildman–Crippen LogP) is 4.45. The van der Waals surface area contributed by atoms with Crippen LogP contribution in [0.2, 0.25) is 5.02 Å². The molecule has 0 aliphatic carbocycles. The van der Waals surface area contributed by atoms with Crippen molar-refractivity contribution >= 4 is 29.3 Å². The third kappa shape index (κ3) is 5.63. The summed E-state index contributed by atoms with van der Waals surface area (Å²) in [6.07, 6.45) is 0.660. The lowest BCUT2D eigenvalue weighted by atomic mass is 10.0. The maximum atomic E-state index is 14.5. The van der Waals surface area contributed by atoms with Crippen molar-refractivity contribution in [1.82, 2.24) is 10.3 Å². The van der Waals surface area contributed by atoms with Crippen LogP contribution >= 0.6 is 11.6 Å². The number of carbonyl (C=O) groups excluding carboxylic acids is 2. The number of aryl methyl sites for hydroxylation is 1. The number of rotatable bonds is 4. The number of halogens is 3. The summed E-state index contributed by atoms with van der Waals surface area (Å²) in [6.45, 7) is 6.16. The lowest BCUT2D eigenvalue weighted by Crippen LogP contribution is -2.37. The summed E-state index contributed by atoms with van der Waals surface area (Å²) >= 11 is 6.08. The van der Waals surface area contributed by atoms with Crippen molar-refractivity contribution in [3.8, 4) is 11.1 Å². The molecule has 2 rings (SSSR count). The number of nitrogens with one attached hydrogen (secondary N) is 2. The number of aromatic nitrogens is 1. The van der Waals surface area contributed by atoms with E-state index in [4.69, 9.17) is 16.3 Å². The minimum Gasteiger partial charge on any atom is -0.444 e. The topological polar surface area (TPSA) is 80.3 Å². The lowest BCUT2D eigenvalue weighted by molar-refractivity contribution is -0.115. The van der Waals surface area contributed by atoms with Gasteiger partial charge in [0.1, 0.15) is 23.8 Å². The van der Waals surface area contributed by atoms with Crippen LogP contribution in [0.4, 0.5) is 19.3 Å². The second kappa shape index (κ2) is 8.52. The zero-order valence-electron chi connectivity index (χ0n) is 15.8. The minimum atomic E-state index is -0.860. The number of amides is 2. The van der Waals surface area contributed by atoms with Gasteiger partial charge in [-0.25, -0.2) is 13.6 Å².